The van der Waals surface area contributed by atoms with Gasteiger partial charge in [0, 0.05) is 5.38 Å². The standard InChI is InChI=1S/C16H15N7S/c17-15(14-16(18)23(9-20-14)10-5-6-24-8-10)19-7-13-21-11-3-1-2-4-12(11)22-13/h1-6,8-9H,7,18H2,(H2,17,19)(H,21,22). The fourth-order valence-corrected chi connectivity index (χ4v) is 3.10. The van der Waals surface area contributed by atoms with Crippen LogP contribution in [0.25, 0.3) is 16.7 Å². The van der Waals surface area contributed by atoms with Crippen molar-refractivity contribution in [2.45, 2.75) is 6.54 Å². The predicted molar refractivity (Wildman–Crippen MR) is 96.4 cm³/mol. The number of fused-ring (bicyclic) bond motifs is 1. The maximum absolute atomic E-state index is 6.15. The minimum absolute atomic E-state index is 0.293. The van der Waals surface area contributed by atoms with Crippen LogP contribution in [0.5, 0.6) is 0 Å². The summed E-state index contributed by atoms with van der Waals surface area (Å²) in [6, 6.07) is 9.79. The lowest BCUT2D eigenvalue weighted by atomic mass is 10.3. The van der Waals surface area contributed by atoms with Gasteiger partial charge in [0.25, 0.3) is 0 Å². The first kappa shape index (κ1) is 14.5. The molecule has 4 rings (SSSR count). The quantitative estimate of drug-likeness (QED) is 0.392. The van der Waals surface area contributed by atoms with E-state index in [4.69, 9.17) is 11.5 Å². The number of aromatic nitrogens is 4. The summed E-state index contributed by atoms with van der Waals surface area (Å²) in [6.07, 6.45) is 1.65. The van der Waals surface area contributed by atoms with Gasteiger partial charge in [-0.1, -0.05) is 12.1 Å². The molecule has 0 atom stereocenters. The first-order chi connectivity index (χ1) is 11.7. The first-order valence-corrected chi connectivity index (χ1v) is 8.26. The van der Waals surface area contributed by atoms with Crippen LogP contribution >= 0.6 is 11.3 Å². The number of anilines is 1. The van der Waals surface area contributed by atoms with Gasteiger partial charge in [-0.2, -0.15) is 11.3 Å². The minimum Gasteiger partial charge on any atom is -0.383 e. The second-order valence-corrected chi connectivity index (χ2v) is 6.01. The van der Waals surface area contributed by atoms with Crippen molar-refractivity contribution in [3.05, 3.63) is 58.9 Å². The van der Waals surface area contributed by atoms with E-state index in [-0.39, 0.29) is 0 Å². The molecule has 120 valence electrons. The van der Waals surface area contributed by atoms with Gasteiger partial charge in [0.2, 0.25) is 0 Å². The molecule has 0 unspecified atom stereocenters. The number of nitrogen functional groups attached to an aromatic ring is 1. The van der Waals surface area contributed by atoms with E-state index >= 15 is 0 Å². The van der Waals surface area contributed by atoms with Crippen molar-refractivity contribution in [3.63, 3.8) is 0 Å². The Morgan fingerprint density at radius 1 is 1.29 bits per heavy atom. The summed E-state index contributed by atoms with van der Waals surface area (Å²) < 4.78 is 1.79. The van der Waals surface area contributed by atoms with Crippen molar-refractivity contribution < 1.29 is 0 Å². The fraction of sp³-hybridized carbons (Fsp3) is 0.0625. The minimum atomic E-state index is 0.293. The zero-order chi connectivity index (χ0) is 16.5. The van der Waals surface area contributed by atoms with Gasteiger partial charge in [0.05, 0.1) is 23.3 Å². The molecular weight excluding hydrogens is 322 g/mol. The molecule has 0 radical (unpaired) electrons. The second kappa shape index (κ2) is 5.82. The lowest BCUT2D eigenvalue weighted by Gasteiger charge is -2.02. The van der Waals surface area contributed by atoms with Crippen molar-refractivity contribution in [3.8, 4) is 5.69 Å². The normalized spacial score (nSPS) is 12.1. The number of hydrogen-bond donors (Lipinski definition) is 3. The van der Waals surface area contributed by atoms with Crippen LogP contribution in [0, 0.1) is 0 Å². The molecular formula is C16H15N7S. The zero-order valence-electron chi connectivity index (χ0n) is 12.7. The maximum atomic E-state index is 6.15. The summed E-state index contributed by atoms with van der Waals surface area (Å²) in [7, 11) is 0. The number of benzene rings is 1. The number of rotatable bonds is 4. The van der Waals surface area contributed by atoms with Crippen LogP contribution in [0.2, 0.25) is 0 Å². The molecule has 4 aromatic rings. The average Bonchev–Trinajstić information content (AvgIpc) is 3.31. The van der Waals surface area contributed by atoms with E-state index in [1.807, 2.05) is 41.1 Å². The molecule has 5 N–H and O–H groups in total. The van der Waals surface area contributed by atoms with Crippen LogP contribution in [0.15, 0.2) is 52.4 Å². The van der Waals surface area contributed by atoms with E-state index in [2.05, 4.69) is 19.9 Å². The summed E-state index contributed by atoms with van der Waals surface area (Å²) in [4.78, 5) is 16.3. The SMILES string of the molecule is NC(=NCc1nc2ccccc2[nH]1)c1ncn(-c2ccsc2)c1N. The summed E-state index contributed by atoms with van der Waals surface area (Å²) in [5.74, 6) is 1.51. The Hall–Kier alpha value is -3.13. The van der Waals surface area contributed by atoms with Crippen molar-refractivity contribution in [2.24, 2.45) is 10.7 Å². The van der Waals surface area contributed by atoms with Crippen LogP contribution in [0.1, 0.15) is 11.5 Å². The highest BCUT2D eigenvalue weighted by Gasteiger charge is 2.13. The average molecular weight is 337 g/mol. The summed E-state index contributed by atoms with van der Waals surface area (Å²) >= 11 is 1.59. The smallest absolute Gasteiger partial charge is 0.148 e. The molecule has 3 aromatic heterocycles. The Labute approximate surface area is 141 Å². The summed E-state index contributed by atoms with van der Waals surface area (Å²) in [5, 5.41) is 3.97. The number of nitrogens with two attached hydrogens (primary N) is 2. The van der Waals surface area contributed by atoms with Crippen LogP contribution in [0.3, 0.4) is 0 Å². The third-order valence-electron chi connectivity index (χ3n) is 3.67. The van der Waals surface area contributed by atoms with Gasteiger partial charge in [-0.3, -0.25) is 9.56 Å². The number of aromatic amines is 1. The molecule has 0 aliphatic heterocycles. The Morgan fingerprint density at radius 3 is 2.96 bits per heavy atom. The maximum Gasteiger partial charge on any atom is 0.148 e. The molecule has 0 fully saturated rings. The zero-order valence-corrected chi connectivity index (χ0v) is 13.5. The fourth-order valence-electron chi connectivity index (χ4n) is 2.47. The topological polar surface area (TPSA) is 111 Å². The molecule has 7 nitrogen and oxygen atoms in total. The number of nitrogens with one attached hydrogen (secondary N) is 1. The Kier molecular flexibility index (Phi) is 3.51. The third-order valence-corrected chi connectivity index (χ3v) is 4.34. The van der Waals surface area contributed by atoms with Gasteiger partial charge < -0.3 is 16.5 Å². The van der Waals surface area contributed by atoms with Gasteiger partial charge in [-0.15, -0.1) is 0 Å². The second-order valence-electron chi connectivity index (χ2n) is 5.23. The van der Waals surface area contributed by atoms with Gasteiger partial charge in [0.15, 0.2) is 0 Å². The molecule has 0 aliphatic rings. The van der Waals surface area contributed by atoms with Gasteiger partial charge in [-0.05, 0) is 23.6 Å². The third kappa shape index (κ3) is 2.52. The van der Waals surface area contributed by atoms with Crippen molar-refractivity contribution in [2.75, 3.05) is 5.73 Å². The highest BCUT2D eigenvalue weighted by Crippen LogP contribution is 2.19. The van der Waals surface area contributed by atoms with Crippen LogP contribution in [-0.4, -0.2) is 25.4 Å². The van der Waals surface area contributed by atoms with Crippen LogP contribution in [0.4, 0.5) is 5.82 Å². The molecule has 24 heavy (non-hydrogen) atoms. The molecule has 8 heteroatoms. The number of nitrogens with zero attached hydrogens (tertiary/aromatic N) is 4. The van der Waals surface area contributed by atoms with Gasteiger partial charge in [0.1, 0.15) is 29.5 Å². The van der Waals surface area contributed by atoms with Crippen LogP contribution < -0.4 is 11.5 Å². The van der Waals surface area contributed by atoms with Crippen LogP contribution in [-0.2, 0) is 6.54 Å². The molecule has 0 amide bonds. The lowest BCUT2D eigenvalue weighted by Crippen LogP contribution is -2.17. The Balaban J connectivity index is 1.59. The molecule has 0 aliphatic carbocycles. The van der Waals surface area contributed by atoms with Gasteiger partial charge >= 0.3 is 0 Å². The predicted octanol–water partition coefficient (Wildman–Crippen LogP) is 2.30. The number of hydrogen-bond acceptors (Lipinski definition) is 5. The molecule has 0 spiro atoms. The molecule has 0 saturated carbocycles. The monoisotopic (exact) mass is 337 g/mol. The Bertz CT molecular complexity index is 977. The molecule has 0 saturated heterocycles. The van der Waals surface area contributed by atoms with E-state index in [0.717, 1.165) is 22.5 Å². The summed E-state index contributed by atoms with van der Waals surface area (Å²) in [6.45, 7) is 0.339. The van der Waals surface area contributed by atoms with Gasteiger partial charge in [-0.25, -0.2) is 9.97 Å². The van der Waals surface area contributed by atoms with E-state index in [1.165, 1.54) is 0 Å². The first-order valence-electron chi connectivity index (χ1n) is 7.31. The van der Waals surface area contributed by atoms with Crippen molar-refractivity contribution in [1.29, 1.82) is 0 Å². The number of H-pyrrole nitrogens is 1. The van der Waals surface area contributed by atoms with E-state index < -0.39 is 0 Å². The van der Waals surface area contributed by atoms with Crippen molar-refractivity contribution in [1.82, 2.24) is 19.5 Å². The number of para-hydroxylation sites is 2. The van der Waals surface area contributed by atoms with E-state index in [9.17, 15) is 0 Å². The van der Waals surface area contributed by atoms with Crippen molar-refractivity contribution >= 4 is 34.0 Å². The number of aliphatic imine (C=N–C) groups is 1. The molecule has 3 heterocycles. The highest BCUT2D eigenvalue weighted by atomic mass is 32.1. The van der Waals surface area contributed by atoms with E-state index in [0.29, 0.717) is 23.9 Å². The number of thiophene rings is 1. The Morgan fingerprint density at radius 2 is 2.17 bits per heavy atom. The number of amidine groups is 1. The number of imidazole rings is 2. The lowest BCUT2D eigenvalue weighted by molar-refractivity contribution is 0.954. The summed E-state index contributed by atoms with van der Waals surface area (Å²) in [5.41, 5.74) is 15.5. The molecule has 1 aromatic carbocycles. The largest absolute Gasteiger partial charge is 0.383 e. The van der Waals surface area contributed by atoms with E-state index in [1.54, 1.807) is 22.2 Å². The highest BCUT2D eigenvalue weighted by molar-refractivity contribution is 7.08. The molecule has 0 bridgehead atoms.